The molecule has 0 bridgehead atoms. The highest BCUT2D eigenvalue weighted by atomic mass is 127. The first-order valence-electron chi connectivity index (χ1n) is 10.9. The van der Waals surface area contributed by atoms with Crippen LogP contribution in [0.2, 0.25) is 0 Å². The minimum absolute atomic E-state index is 0. The molecule has 0 radical (unpaired) electrons. The first-order valence-corrected chi connectivity index (χ1v) is 10.9. The molecule has 1 aliphatic rings. The summed E-state index contributed by atoms with van der Waals surface area (Å²) in [7, 11) is 0. The van der Waals surface area contributed by atoms with Gasteiger partial charge in [0.1, 0.15) is 5.76 Å². The smallest absolute Gasteiger partial charge is 0.191 e. The second kappa shape index (κ2) is 12.1. The van der Waals surface area contributed by atoms with Gasteiger partial charge in [0, 0.05) is 37.7 Å². The molecule has 172 valence electrons. The largest absolute Gasteiger partial charge is 0.469 e. The summed E-state index contributed by atoms with van der Waals surface area (Å²) in [6.45, 7) is 7.92. The van der Waals surface area contributed by atoms with E-state index in [2.05, 4.69) is 40.9 Å². The Kier molecular flexibility index (Phi) is 9.16. The Morgan fingerprint density at radius 1 is 1.19 bits per heavy atom. The molecule has 0 spiro atoms. The molecule has 8 heteroatoms. The molecule has 3 heterocycles. The van der Waals surface area contributed by atoms with Crippen LogP contribution in [0.4, 0.5) is 0 Å². The summed E-state index contributed by atoms with van der Waals surface area (Å²) in [5.41, 5.74) is 4.32. The Hall–Kier alpha value is -2.33. The van der Waals surface area contributed by atoms with Crippen LogP contribution in [0, 0.1) is 19.8 Å². The standard InChI is InChI=1S/C24H31N5O2.HI/c1-18-14-19(2)29(28-18)23-8-4-3-6-21(23)16-27-24(26-15-20-10-13-30-17-20)25-11-9-22-7-5-12-31-22;/h3-8,12,14,20H,9-11,13,15-17H2,1-2H3,(H2,25,26,27);1H. The molecule has 0 saturated carbocycles. The Morgan fingerprint density at radius 3 is 2.78 bits per heavy atom. The van der Waals surface area contributed by atoms with Gasteiger partial charge in [-0.3, -0.25) is 0 Å². The number of ether oxygens (including phenoxy) is 1. The number of furan rings is 1. The topological polar surface area (TPSA) is 76.6 Å². The number of benzene rings is 1. The molecule has 7 nitrogen and oxygen atoms in total. The summed E-state index contributed by atoms with van der Waals surface area (Å²) in [4.78, 5) is 4.88. The van der Waals surface area contributed by atoms with Gasteiger partial charge in [-0.05, 0) is 50.1 Å². The van der Waals surface area contributed by atoms with E-state index in [9.17, 15) is 0 Å². The SMILES string of the molecule is Cc1cc(C)n(-c2ccccc2CN=C(NCCc2ccco2)NCC2CCOC2)n1.I. The molecule has 1 fully saturated rings. The molecule has 1 aliphatic heterocycles. The van der Waals surface area contributed by atoms with Crippen LogP contribution in [-0.4, -0.2) is 42.0 Å². The first kappa shape index (κ1) is 24.3. The van der Waals surface area contributed by atoms with Gasteiger partial charge in [0.15, 0.2) is 5.96 Å². The molecular weight excluding hydrogens is 517 g/mol. The Labute approximate surface area is 206 Å². The average Bonchev–Trinajstić information content (AvgIpc) is 3.53. The fourth-order valence-corrected chi connectivity index (χ4v) is 3.81. The number of aliphatic imine (C=N–C) groups is 1. The van der Waals surface area contributed by atoms with Crippen LogP contribution < -0.4 is 10.6 Å². The number of halogens is 1. The molecule has 1 atom stereocenters. The fraction of sp³-hybridized carbons (Fsp3) is 0.417. The molecule has 2 N–H and O–H groups in total. The zero-order valence-corrected chi connectivity index (χ0v) is 21.0. The van der Waals surface area contributed by atoms with Gasteiger partial charge in [-0.25, -0.2) is 9.67 Å². The number of rotatable bonds is 8. The van der Waals surface area contributed by atoms with Crippen molar-refractivity contribution < 1.29 is 9.15 Å². The Bertz CT molecular complexity index is 994. The lowest BCUT2D eigenvalue weighted by Gasteiger charge is -2.15. The fourth-order valence-electron chi connectivity index (χ4n) is 3.81. The van der Waals surface area contributed by atoms with Gasteiger partial charge < -0.3 is 19.8 Å². The maximum atomic E-state index is 5.50. The van der Waals surface area contributed by atoms with Crippen molar-refractivity contribution in [2.45, 2.75) is 33.2 Å². The van der Waals surface area contributed by atoms with Gasteiger partial charge in [-0.2, -0.15) is 5.10 Å². The van der Waals surface area contributed by atoms with Crippen LogP contribution >= 0.6 is 24.0 Å². The minimum Gasteiger partial charge on any atom is -0.469 e. The normalized spacial score (nSPS) is 16.1. The van der Waals surface area contributed by atoms with Gasteiger partial charge in [0.2, 0.25) is 0 Å². The van der Waals surface area contributed by atoms with E-state index in [4.69, 9.17) is 14.1 Å². The molecule has 0 aliphatic carbocycles. The second-order valence-corrected chi connectivity index (χ2v) is 8.00. The van der Waals surface area contributed by atoms with Gasteiger partial charge in [-0.15, -0.1) is 24.0 Å². The van der Waals surface area contributed by atoms with Gasteiger partial charge in [0.25, 0.3) is 0 Å². The van der Waals surface area contributed by atoms with Crippen molar-refractivity contribution in [2.75, 3.05) is 26.3 Å². The number of para-hydroxylation sites is 1. The number of hydrogen-bond acceptors (Lipinski definition) is 4. The quantitative estimate of drug-likeness (QED) is 0.252. The van der Waals surface area contributed by atoms with Crippen LogP contribution in [0.3, 0.4) is 0 Å². The molecule has 4 rings (SSSR count). The van der Waals surface area contributed by atoms with Crippen molar-refractivity contribution in [1.82, 2.24) is 20.4 Å². The third-order valence-corrected chi connectivity index (χ3v) is 5.46. The third-order valence-electron chi connectivity index (χ3n) is 5.46. The highest BCUT2D eigenvalue weighted by Gasteiger charge is 2.16. The van der Waals surface area contributed by atoms with Crippen molar-refractivity contribution in [2.24, 2.45) is 10.9 Å². The van der Waals surface area contributed by atoms with E-state index in [1.807, 2.05) is 35.9 Å². The number of aromatic nitrogens is 2. The molecule has 32 heavy (non-hydrogen) atoms. The van der Waals surface area contributed by atoms with Crippen molar-refractivity contribution >= 4 is 29.9 Å². The second-order valence-electron chi connectivity index (χ2n) is 8.00. The van der Waals surface area contributed by atoms with E-state index in [1.165, 1.54) is 0 Å². The molecule has 0 amide bonds. The molecule has 1 aromatic carbocycles. The van der Waals surface area contributed by atoms with E-state index in [0.717, 1.165) is 73.5 Å². The third kappa shape index (κ3) is 6.59. The van der Waals surface area contributed by atoms with Gasteiger partial charge >= 0.3 is 0 Å². The predicted octanol–water partition coefficient (Wildman–Crippen LogP) is 4.01. The van der Waals surface area contributed by atoms with Crippen LogP contribution in [-0.2, 0) is 17.7 Å². The summed E-state index contributed by atoms with van der Waals surface area (Å²) in [5, 5.41) is 11.6. The van der Waals surface area contributed by atoms with Crippen molar-refractivity contribution in [3.63, 3.8) is 0 Å². The van der Waals surface area contributed by atoms with Crippen LogP contribution in [0.25, 0.3) is 5.69 Å². The lowest BCUT2D eigenvalue weighted by atomic mass is 10.1. The number of nitrogens with one attached hydrogen (secondary N) is 2. The zero-order chi connectivity index (χ0) is 21.5. The number of guanidine groups is 1. The number of aryl methyl sites for hydroxylation is 2. The van der Waals surface area contributed by atoms with E-state index >= 15 is 0 Å². The van der Waals surface area contributed by atoms with Crippen molar-refractivity contribution in [3.05, 3.63) is 71.4 Å². The van der Waals surface area contributed by atoms with Gasteiger partial charge in [-0.1, -0.05) is 18.2 Å². The lowest BCUT2D eigenvalue weighted by Crippen LogP contribution is -2.41. The zero-order valence-electron chi connectivity index (χ0n) is 18.7. The maximum absolute atomic E-state index is 5.50. The predicted molar refractivity (Wildman–Crippen MR) is 137 cm³/mol. The molecule has 1 saturated heterocycles. The van der Waals surface area contributed by atoms with E-state index in [-0.39, 0.29) is 24.0 Å². The minimum atomic E-state index is 0. The highest BCUT2D eigenvalue weighted by Crippen LogP contribution is 2.18. The van der Waals surface area contributed by atoms with Crippen LogP contribution in [0.15, 0.2) is 58.1 Å². The van der Waals surface area contributed by atoms with Crippen molar-refractivity contribution in [1.29, 1.82) is 0 Å². The highest BCUT2D eigenvalue weighted by molar-refractivity contribution is 14.0. The lowest BCUT2D eigenvalue weighted by molar-refractivity contribution is 0.186. The Morgan fingerprint density at radius 2 is 2.06 bits per heavy atom. The average molecular weight is 549 g/mol. The number of hydrogen-bond donors (Lipinski definition) is 2. The summed E-state index contributed by atoms with van der Waals surface area (Å²) < 4.78 is 12.9. The molecule has 1 unspecified atom stereocenters. The van der Waals surface area contributed by atoms with E-state index in [1.54, 1.807) is 6.26 Å². The molecular formula is C24H32IN5O2. The molecule has 3 aromatic rings. The first-order chi connectivity index (χ1) is 15.2. The summed E-state index contributed by atoms with van der Waals surface area (Å²) in [6.07, 6.45) is 3.61. The van der Waals surface area contributed by atoms with Crippen LogP contribution in [0.1, 0.15) is 29.1 Å². The van der Waals surface area contributed by atoms with E-state index < -0.39 is 0 Å². The summed E-state index contributed by atoms with van der Waals surface area (Å²) >= 11 is 0. The summed E-state index contributed by atoms with van der Waals surface area (Å²) in [6, 6.07) is 14.3. The maximum Gasteiger partial charge on any atom is 0.191 e. The molecule has 2 aromatic heterocycles. The Balaban J connectivity index is 0.00000289. The van der Waals surface area contributed by atoms with Crippen molar-refractivity contribution in [3.8, 4) is 5.69 Å². The van der Waals surface area contributed by atoms with Crippen LogP contribution in [0.5, 0.6) is 0 Å². The van der Waals surface area contributed by atoms with Gasteiger partial charge in [0.05, 0.1) is 30.8 Å². The number of nitrogens with zero attached hydrogens (tertiary/aromatic N) is 3. The monoisotopic (exact) mass is 549 g/mol. The summed E-state index contributed by atoms with van der Waals surface area (Å²) in [5.74, 6) is 2.30. The van der Waals surface area contributed by atoms with E-state index in [0.29, 0.717) is 12.5 Å².